The SMILES string of the molecule is CCCNC(C)(CCCSC1CCCC1)C(=O)OCC. The van der Waals surface area contributed by atoms with Crippen molar-refractivity contribution in [3.8, 4) is 0 Å². The molecule has 1 atom stereocenters. The van der Waals surface area contributed by atoms with E-state index >= 15 is 0 Å². The van der Waals surface area contributed by atoms with Gasteiger partial charge in [0.05, 0.1) is 6.61 Å². The fourth-order valence-corrected chi connectivity index (χ4v) is 4.00. The fraction of sp³-hybridized carbons (Fsp3) is 0.938. The summed E-state index contributed by atoms with van der Waals surface area (Å²) in [6, 6.07) is 0. The number of carbonyl (C=O) groups is 1. The van der Waals surface area contributed by atoms with E-state index in [0.717, 1.165) is 36.8 Å². The van der Waals surface area contributed by atoms with E-state index in [0.29, 0.717) is 6.61 Å². The van der Waals surface area contributed by atoms with Crippen LogP contribution in [0.25, 0.3) is 0 Å². The third kappa shape index (κ3) is 6.04. The Hall–Kier alpha value is -0.220. The zero-order valence-electron chi connectivity index (χ0n) is 13.4. The third-order valence-electron chi connectivity index (χ3n) is 3.97. The van der Waals surface area contributed by atoms with Crippen LogP contribution in [0.2, 0.25) is 0 Å². The zero-order valence-corrected chi connectivity index (χ0v) is 14.2. The summed E-state index contributed by atoms with van der Waals surface area (Å²) in [5, 5.41) is 4.24. The van der Waals surface area contributed by atoms with Gasteiger partial charge < -0.3 is 10.1 Å². The Balaban J connectivity index is 2.32. The van der Waals surface area contributed by atoms with Gasteiger partial charge in [-0.3, -0.25) is 4.79 Å². The Morgan fingerprint density at radius 2 is 2.05 bits per heavy atom. The number of carbonyl (C=O) groups excluding carboxylic acids is 1. The Bertz CT molecular complexity index is 280. The number of hydrogen-bond donors (Lipinski definition) is 1. The van der Waals surface area contributed by atoms with E-state index < -0.39 is 5.54 Å². The van der Waals surface area contributed by atoms with Crippen molar-refractivity contribution in [1.29, 1.82) is 0 Å². The topological polar surface area (TPSA) is 38.3 Å². The molecule has 1 N–H and O–H groups in total. The summed E-state index contributed by atoms with van der Waals surface area (Å²) in [7, 11) is 0. The lowest BCUT2D eigenvalue weighted by atomic mass is 9.96. The molecule has 3 nitrogen and oxygen atoms in total. The highest BCUT2D eigenvalue weighted by atomic mass is 32.2. The van der Waals surface area contributed by atoms with E-state index in [1.807, 2.05) is 13.8 Å². The molecule has 1 aliphatic rings. The largest absolute Gasteiger partial charge is 0.465 e. The molecular weight excluding hydrogens is 270 g/mol. The Kier molecular flexibility index (Phi) is 8.62. The van der Waals surface area contributed by atoms with Crippen molar-refractivity contribution in [3.63, 3.8) is 0 Å². The van der Waals surface area contributed by atoms with Gasteiger partial charge in [0.1, 0.15) is 5.54 Å². The number of nitrogens with one attached hydrogen (secondary N) is 1. The molecule has 1 unspecified atom stereocenters. The molecule has 0 radical (unpaired) electrons. The van der Waals surface area contributed by atoms with Crippen molar-refractivity contribution < 1.29 is 9.53 Å². The minimum atomic E-state index is -0.512. The van der Waals surface area contributed by atoms with Crippen LogP contribution in [0.4, 0.5) is 0 Å². The molecule has 0 heterocycles. The predicted molar refractivity (Wildman–Crippen MR) is 87.3 cm³/mol. The number of ether oxygens (including phenoxy) is 1. The van der Waals surface area contributed by atoms with Gasteiger partial charge in [0.15, 0.2) is 0 Å². The monoisotopic (exact) mass is 301 g/mol. The molecule has 0 spiro atoms. The van der Waals surface area contributed by atoms with Crippen LogP contribution >= 0.6 is 11.8 Å². The first kappa shape index (κ1) is 17.8. The van der Waals surface area contributed by atoms with Crippen molar-refractivity contribution in [2.24, 2.45) is 0 Å². The van der Waals surface area contributed by atoms with Gasteiger partial charge in [0.2, 0.25) is 0 Å². The molecule has 0 aromatic rings. The summed E-state index contributed by atoms with van der Waals surface area (Å²) in [4.78, 5) is 12.1. The summed E-state index contributed by atoms with van der Waals surface area (Å²) >= 11 is 2.09. The molecule has 0 amide bonds. The number of thioether (sulfide) groups is 1. The van der Waals surface area contributed by atoms with Crippen molar-refractivity contribution >= 4 is 17.7 Å². The summed E-state index contributed by atoms with van der Waals surface area (Å²) in [5.41, 5.74) is -0.512. The van der Waals surface area contributed by atoms with Crippen LogP contribution in [0.1, 0.15) is 65.7 Å². The standard InChI is InChI=1S/C16H31NO2S/c1-4-12-17-16(3,15(18)19-5-2)11-8-13-20-14-9-6-7-10-14/h14,17H,4-13H2,1-3H3. The lowest BCUT2D eigenvalue weighted by Crippen LogP contribution is -2.50. The molecule has 118 valence electrons. The number of hydrogen-bond acceptors (Lipinski definition) is 4. The third-order valence-corrected chi connectivity index (χ3v) is 5.44. The molecule has 0 aliphatic heterocycles. The van der Waals surface area contributed by atoms with Crippen LogP contribution < -0.4 is 5.32 Å². The van der Waals surface area contributed by atoms with Crippen molar-refractivity contribution in [2.75, 3.05) is 18.9 Å². The Morgan fingerprint density at radius 1 is 1.35 bits per heavy atom. The highest BCUT2D eigenvalue weighted by Gasteiger charge is 2.33. The smallest absolute Gasteiger partial charge is 0.326 e. The second-order valence-electron chi connectivity index (χ2n) is 5.86. The van der Waals surface area contributed by atoms with E-state index in [-0.39, 0.29) is 5.97 Å². The normalized spacial score (nSPS) is 18.9. The molecule has 1 fully saturated rings. The quantitative estimate of drug-likeness (QED) is 0.492. The maximum absolute atomic E-state index is 12.1. The lowest BCUT2D eigenvalue weighted by Gasteiger charge is -2.28. The summed E-state index contributed by atoms with van der Waals surface area (Å²) in [6.45, 7) is 7.30. The second-order valence-corrected chi connectivity index (χ2v) is 7.27. The molecule has 0 aromatic carbocycles. The second kappa shape index (κ2) is 9.67. The van der Waals surface area contributed by atoms with E-state index in [1.165, 1.54) is 25.7 Å². The minimum absolute atomic E-state index is 0.0979. The average Bonchev–Trinajstić information content (AvgIpc) is 2.95. The number of esters is 1. The highest BCUT2D eigenvalue weighted by Crippen LogP contribution is 2.30. The maximum atomic E-state index is 12.1. The first-order valence-corrected chi connectivity index (χ1v) is 9.21. The van der Waals surface area contributed by atoms with Crippen LogP contribution in [0.15, 0.2) is 0 Å². The van der Waals surface area contributed by atoms with E-state index in [9.17, 15) is 4.79 Å². The summed E-state index contributed by atoms with van der Waals surface area (Å²) < 4.78 is 5.23. The molecule has 4 heteroatoms. The van der Waals surface area contributed by atoms with E-state index in [1.54, 1.807) is 0 Å². The van der Waals surface area contributed by atoms with Gasteiger partial charge >= 0.3 is 5.97 Å². The Labute approximate surface area is 128 Å². The minimum Gasteiger partial charge on any atom is -0.465 e. The van der Waals surface area contributed by atoms with Gasteiger partial charge in [-0.15, -0.1) is 0 Å². The average molecular weight is 301 g/mol. The molecule has 1 aliphatic carbocycles. The maximum Gasteiger partial charge on any atom is 0.326 e. The first-order valence-electron chi connectivity index (χ1n) is 8.16. The zero-order chi connectivity index (χ0) is 14.8. The summed E-state index contributed by atoms with van der Waals surface area (Å²) in [5.74, 6) is 1.06. The molecule has 0 bridgehead atoms. The van der Waals surface area contributed by atoms with Gasteiger partial charge in [-0.05, 0) is 58.2 Å². The molecule has 0 aromatic heterocycles. The molecule has 1 saturated carbocycles. The van der Waals surface area contributed by atoms with Gasteiger partial charge in [-0.1, -0.05) is 19.8 Å². The summed E-state index contributed by atoms with van der Waals surface area (Å²) in [6.07, 6.45) is 8.54. The van der Waals surface area contributed by atoms with Crippen LogP contribution in [0.5, 0.6) is 0 Å². The molecule has 20 heavy (non-hydrogen) atoms. The Morgan fingerprint density at radius 3 is 2.65 bits per heavy atom. The van der Waals surface area contributed by atoms with Gasteiger partial charge in [-0.2, -0.15) is 11.8 Å². The van der Waals surface area contributed by atoms with Crippen molar-refractivity contribution in [1.82, 2.24) is 5.32 Å². The predicted octanol–water partition coefficient (Wildman–Crippen LogP) is 3.76. The number of rotatable bonds is 10. The van der Waals surface area contributed by atoms with Gasteiger partial charge in [-0.25, -0.2) is 0 Å². The van der Waals surface area contributed by atoms with Crippen LogP contribution in [-0.4, -0.2) is 35.7 Å². The van der Waals surface area contributed by atoms with Gasteiger partial charge in [0, 0.05) is 5.25 Å². The van der Waals surface area contributed by atoms with Crippen LogP contribution in [-0.2, 0) is 9.53 Å². The first-order chi connectivity index (χ1) is 9.62. The van der Waals surface area contributed by atoms with Crippen LogP contribution in [0.3, 0.4) is 0 Å². The highest BCUT2D eigenvalue weighted by molar-refractivity contribution is 7.99. The fourth-order valence-electron chi connectivity index (χ4n) is 2.68. The van der Waals surface area contributed by atoms with E-state index in [4.69, 9.17) is 4.74 Å². The van der Waals surface area contributed by atoms with Crippen molar-refractivity contribution in [2.45, 2.75) is 76.5 Å². The van der Waals surface area contributed by atoms with Crippen molar-refractivity contribution in [3.05, 3.63) is 0 Å². The molecule has 0 saturated heterocycles. The van der Waals surface area contributed by atoms with Crippen LogP contribution in [0, 0.1) is 0 Å². The van der Waals surface area contributed by atoms with E-state index in [2.05, 4.69) is 24.0 Å². The van der Waals surface area contributed by atoms with Gasteiger partial charge in [0.25, 0.3) is 0 Å². The lowest BCUT2D eigenvalue weighted by molar-refractivity contribution is -0.150. The molecule has 1 rings (SSSR count). The molecular formula is C16H31NO2S.